The lowest BCUT2D eigenvalue weighted by Gasteiger charge is -2.31. The number of rotatable bonds is 4. The lowest BCUT2D eigenvalue weighted by molar-refractivity contribution is -0.126. The average Bonchev–Trinajstić information content (AvgIpc) is 2.48. The molecule has 0 bridgehead atoms. The molecule has 21 heavy (non-hydrogen) atoms. The van der Waals surface area contributed by atoms with Crippen molar-refractivity contribution in [2.75, 3.05) is 20.1 Å². The standard InChI is InChI=1S/C15H20FN3OS/c1-18-15(20)12-3-2-6-19(9-12)8-11-5-4-10(14(17)21)7-13(11)16/h4-5,7,12H,2-3,6,8-9H2,1H3,(H2,17,21)(H,18,20). The minimum atomic E-state index is -0.303. The number of piperidine rings is 1. The summed E-state index contributed by atoms with van der Waals surface area (Å²) in [6, 6.07) is 4.83. The third-order valence-electron chi connectivity index (χ3n) is 3.85. The van der Waals surface area contributed by atoms with Gasteiger partial charge in [0.25, 0.3) is 0 Å². The van der Waals surface area contributed by atoms with Gasteiger partial charge in [0, 0.05) is 31.3 Å². The summed E-state index contributed by atoms with van der Waals surface area (Å²) >= 11 is 4.84. The van der Waals surface area contributed by atoms with Crippen LogP contribution in [-0.2, 0) is 11.3 Å². The Morgan fingerprint density at radius 2 is 2.33 bits per heavy atom. The number of halogens is 1. The zero-order valence-electron chi connectivity index (χ0n) is 12.1. The van der Waals surface area contributed by atoms with Crippen LogP contribution in [0.1, 0.15) is 24.0 Å². The van der Waals surface area contributed by atoms with Crippen molar-refractivity contribution in [3.63, 3.8) is 0 Å². The fraction of sp³-hybridized carbons (Fsp3) is 0.467. The zero-order chi connectivity index (χ0) is 15.4. The molecule has 0 saturated carbocycles. The molecule has 1 aromatic carbocycles. The summed E-state index contributed by atoms with van der Waals surface area (Å²) in [6.45, 7) is 2.04. The number of nitrogens with two attached hydrogens (primary N) is 1. The Kier molecular flexibility index (Phi) is 5.25. The highest BCUT2D eigenvalue weighted by Crippen LogP contribution is 2.20. The second kappa shape index (κ2) is 6.95. The number of hydrogen-bond donors (Lipinski definition) is 2. The number of nitrogens with zero attached hydrogens (tertiary/aromatic N) is 1. The Morgan fingerprint density at radius 1 is 1.57 bits per heavy atom. The molecule has 1 fully saturated rings. The summed E-state index contributed by atoms with van der Waals surface area (Å²) in [5.74, 6) is -0.255. The van der Waals surface area contributed by atoms with Crippen LogP contribution in [0.5, 0.6) is 0 Å². The SMILES string of the molecule is CNC(=O)C1CCCN(Cc2ccc(C(N)=S)cc2F)C1. The van der Waals surface area contributed by atoms with Gasteiger partial charge in [-0.15, -0.1) is 0 Å². The van der Waals surface area contributed by atoms with Gasteiger partial charge in [-0.25, -0.2) is 4.39 Å². The molecular weight excluding hydrogens is 289 g/mol. The van der Waals surface area contributed by atoms with Crippen molar-refractivity contribution in [1.82, 2.24) is 10.2 Å². The van der Waals surface area contributed by atoms with Gasteiger partial charge >= 0.3 is 0 Å². The number of amides is 1. The number of likely N-dealkylation sites (tertiary alicyclic amines) is 1. The molecular formula is C15H20FN3OS. The fourth-order valence-corrected chi connectivity index (χ4v) is 2.81. The molecule has 1 unspecified atom stereocenters. The van der Waals surface area contributed by atoms with Crippen molar-refractivity contribution in [2.24, 2.45) is 11.7 Å². The van der Waals surface area contributed by atoms with Crippen molar-refractivity contribution in [3.8, 4) is 0 Å². The third-order valence-corrected chi connectivity index (χ3v) is 4.09. The Hall–Kier alpha value is -1.53. The highest BCUT2D eigenvalue weighted by Gasteiger charge is 2.25. The predicted molar refractivity (Wildman–Crippen MR) is 84.4 cm³/mol. The molecule has 1 aromatic rings. The van der Waals surface area contributed by atoms with Crippen LogP contribution in [0.3, 0.4) is 0 Å². The lowest BCUT2D eigenvalue weighted by atomic mass is 9.96. The number of hydrogen-bond acceptors (Lipinski definition) is 3. The summed E-state index contributed by atoms with van der Waals surface area (Å²) in [6.07, 6.45) is 1.84. The fourth-order valence-electron chi connectivity index (χ4n) is 2.69. The van der Waals surface area contributed by atoms with Gasteiger partial charge in [0.1, 0.15) is 10.8 Å². The minimum absolute atomic E-state index is 0.0114. The molecule has 0 aromatic heterocycles. The monoisotopic (exact) mass is 309 g/mol. The van der Waals surface area contributed by atoms with E-state index >= 15 is 0 Å². The number of carbonyl (C=O) groups is 1. The first-order valence-corrected chi connectivity index (χ1v) is 7.44. The molecule has 1 amide bonds. The summed E-state index contributed by atoms with van der Waals surface area (Å²) in [5.41, 5.74) is 6.63. The highest BCUT2D eigenvalue weighted by molar-refractivity contribution is 7.80. The van der Waals surface area contributed by atoms with Crippen LogP contribution in [0.15, 0.2) is 18.2 Å². The van der Waals surface area contributed by atoms with E-state index < -0.39 is 0 Å². The van der Waals surface area contributed by atoms with E-state index in [4.69, 9.17) is 18.0 Å². The quantitative estimate of drug-likeness (QED) is 0.826. The third kappa shape index (κ3) is 3.98. The van der Waals surface area contributed by atoms with E-state index in [2.05, 4.69) is 10.2 Å². The van der Waals surface area contributed by atoms with Crippen molar-refractivity contribution >= 4 is 23.1 Å². The van der Waals surface area contributed by atoms with Gasteiger partial charge in [0.05, 0.1) is 5.92 Å². The Morgan fingerprint density at radius 3 is 2.95 bits per heavy atom. The van der Waals surface area contributed by atoms with Gasteiger partial charge in [-0.2, -0.15) is 0 Å². The predicted octanol–water partition coefficient (Wildman–Crippen LogP) is 1.42. The molecule has 1 aliphatic heterocycles. The second-order valence-corrected chi connectivity index (χ2v) is 5.80. The van der Waals surface area contributed by atoms with Crippen LogP contribution in [0, 0.1) is 11.7 Å². The molecule has 4 nitrogen and oxygen atoms in total. The molecule has 3 N–H and O–H groups in total. The topological polar surface area (TPSA) is 58.4 Å². The van der Waals surface area contributed by atoms with Crippen LogP contribution < -0.4 is 11.1 Å². The van der Waals surface area contributed by atoms with Crippen LogP contribution in [-0.4, -0.2) is 35.9 Å². The number of thiocarbonyl (C=S) groups is 1. The molecule has 0 radical (unpaired) electrons. The second-order valence-electron chi connectivity index (χ2n) is 5.36. The van der Waals surface area contributed by atoms with Crippen LogP contribution in [0.25, 0.3) is 0 Å². The van der Waals surface area contributed by atoms with Crippen molar-refractivity contribution in [3.05, 3.63) is 35.1 Å². The van der Waals surface area contributed by atoms with E-state index in [1.165, 1.54) is 6.07 Å². The van der Waals surface area contributed by atoms with Gasteiger partial charge in [0.2, 0.25) is 5.91 Å². The first-order valence-electron chi connectivity index (χ1n) is 7.03. The van der Waals surface area contributed by atoms with Gasteiger partial charge in [-0.3, -0.25) is 9.69 Å². The van der Waals surface area contributed by atoms with E-state index in [-0.39, 0.29) is 22.6 Å². The highest BCUT2D eigenvalue weighted by atomic mass is 32.1. The average molecular weight is 309 g/mol. The first-order chi connectivity index (χ1) is 10.0. The first kappa shape index (κ1) is 15.9. The molecule has 1 saturated heterocycles. The molecule has 6 heteroatoms. The number of benzene rings is 1. The maximum absolute atomic E-state index is 14.1. The summed E-state index contributed by atoms with van der Waals surface area (Å²) in [7, 11) is 1.65. The number of carbonyl (C=O) groups excluding carboxylic acids is 1. The van der Waals surface area contributed by atoms with Crippen molar-refractivity contribution in [1.29, 1.82) is 0 Å². The Balaban J connectivity index is 2.04. The number of nitrogens with one attached hydrogen (secondary N) is 1. The van der Waals surface area contributed by atoms with Gasteiger partial charge in [0.15, 0.2) is 0 Å². The van der Waals surface area contributed by atoms with E-state index in [9.17, 15) is 9.18 Å². The Labute approximate surface area is 129 Å². The molecule has 2 rings (SSSR count). The van der Waals surface area contributed by atoms with Crippen LogP contribution in [0.2, 0.25) is 0 Å². The van der Waals surface area contributed by atoms with Gasteiger partial charge in [-0.05, 0) is 25.5 Å². The van der Waals surface area contributed by atoms with Crippen LogP contribution in [0.4, 0.5) is 4.39 Å². The van der Waals surface area contributed by atoms with E-state index in [1.54, 1.807) is 19.2 Å². The van der Waals surface area contributed by atoms with Crippen molar-refractivity contribution in [2.45, 2.75) is 19.4 Å². The van der Waals surface area contributed by atoms with Gasteiger partial charge in [-0.1, -0.05) is 24.4 Å². The molecule has 1 atom stereocenters. The molecule has 1 aliphatic rings. The van der Waals surface area contributed by atoms with E-state index in [0.717, 1.165) is 19.4 Å². The normalized spacial score (nSPS) is 19.2. The summed E-state index contributed by atoms with van der Waals surface area (Å²) < 4.78 is 14.1. The Bertz CT molecular complexity index is 550. The molecule has 0 spiro atoms. The van der Waals surface area contributed by atoms with E-state index in [0.29, 0.717) is 24.2 Å². The molecule has 1 heterocycles. The van der Waals surface area contributed by atoms with Crippen LogP contribution >= 0.6 is 12.2 Å². The largest absolute Gasteiger partial charge is 0.389 e. The van der Waals surface area contributed by atoms with E-state index in [1.807, 2.05) is 0 Å². The minimum Gasteiger partial charge on any atom is -0.389 e. The maximum Gasteiger partial charge on any atom is 0.224 e. The molecule has 114 valence electrons. The van der Waals surface area contributed by atoms with Gasteiger partial charge < -0.3 is 11.1 Å². The maximum atomic E-state index is 14.1. The smallest absolute Gasteiger partial charge is 0.224 e. The van der Waals surface area contributed by atoms with Crippen molar-refractivity contribution < 1.29 is 9.18 Å². The molecule has 0 aliphatic carbocycles. The lowest BCUT2D eigenvalue weighted by Crippen LogP contribution is -2.41. The zero-order valence-corrected chi connectivity index (χ0v) is 12.9. The summed E-state index contributed by atoms with van der Waals surface area (Å²) in [4.78, 5) is 14.0. The summed E-state index contributed by atoms with van der Waals surface area (Å²) in [5, 5.41) is 2.68.